The van der Waals surface area contributed by atoms with Crippen molar-refractivity contribution in [3.8, 4) is 0 Å². The Balaban J connectivity index is 1.45. The number of likely N-dealkylation sites (tertiary alicyclic amines) is 1. The smallest absolute Gasteiger partial charge is 0.260 e. The van der Waals surface area contributed by atoms with Crippen LogP contribution >= 0.6 is 0 Å². The molecule has 1 saturated carbocycles. The van der Waals surface area contributed by atoms with Gasteiger partial charge in [-0.05, 0) is 37.3 Å². The number of aromatic nitrogens is 1. The maximum absolute atomic E-state index is 14.2. The van der Waals surface area contributed by atoms with Crippen LogP contribution in [0, 0.1) is 0 Å². The lowest BCUT2D eigenvalue weighted by Gasteiger charge is -2.32. The summed E-state index contributed by atoms with van der Waals surface area (Å²) in [6.45, 7) is 1.52. The normalized spacial score (nSPS) is 31.7. The molecular formula is C17H21FN2O3. The fourth-order valence-corrected chi connectivity index (χ4v) is 3.56. The number of halogens is 1. The number of alkyl halides is 1. The van der Waals surface area contributed by atoms with E-state index in [0.717, 1.165) is 18.4 Å². The van der Waals surface area contributed by atoms with E-state index in [9.17, 15) is 9.18 Å². The minimum absolute atomic E-state index is 0.0524. The van der Waals surface area contributed by atoms with Gasteiger partial charge in [0, 0.05) is 19.0 Å². The van der Waals surface area contributed by atoms with Crippen LogP contribution in [0.2, 0.25) is 0 Å². The molecule has 3 aliphatic rings. The van der Waals surface area contributed by atoms with Gasteiger partial charge in [-0.1, -0.05) is 6.07 Å². The second kappa shape index (κ2) is 5.83. The number of ether oxygens (including phenoxy) is 2. The average Bonchev–Trinajstić information content (AvgIpc) is 3.24. The first-order valence-corrected chi connectivity index (χ1v) is 8.29. The van der Waals surface area contributed by atoms with E-state index in [2.05, 4.69) is 4.98 Å². The molecule has 0 aromatic carbocycles. The molecule has 4 rings (SSSR count). The SMILES string of the molecule is O=C(N1C[C@H](OCc2cccnc2)[C@H]2OCCC[C@H]21)C1(F)CC1. The second-order valence-corrected chi connectivity index (χ2v) is 6.68. The first-order chi connectivity index (χ1) is 11.2. The lowest BCUT2D eigenvalue weighted by molar-refractivity contribution is -0.141. The highest BCUT2D eigenvalue weighted by Crippen LogP contribution is 2.44. The van der Waals surface area contributed by atoms with Gasteiger partial charge in [0.15, 0.2) is 5.67 Å². The number of nitrogens with zero attached hydrogens (tertiary/aromatic N) is 2. The molecule has 1 aliphatic carbocycles. The Kier molecular flexibility index (Phi) is 3.81. The summed E-state index contributed by atoms with van der Waals surface area (Å²) in [6, 6.07) is 3.76. The lowest BCUT2D eigenvalue weighted by Crippen LogP contribution is -2.46. The maximum atomic E-state index is 14.2. The Morgan fingerprint density at radius 3 is 3.13 bits per heavy atom. The van der Waals surface area contributed by atoms with E-state index in [1.54, 1.807) is 17.3 Å². The third-order valence-corrected chi connectivity index (χ3v) is 5.00. The number of carbonyl (C=O) groups excluding carboxylic acids is 1. The van der Waals surface area contributed by atoms with E-state index in [1.165, 1.54) is 0 Å². The average molecular weight is 320 g/mol. The molecule has 1 aromatic heterocycles. The fraction of sp³-hybridized carbons (Fsp3) is 0.647. The number of carbonyl (C=O) groups is 1. The van der Waals surface area contributed by atoms with Crippen molar-refractivity contribution in [2.75, 3.05) is 13.2 Å². The van der Waals surface area contributed by atoms with Crippen molar-refractivity contribution in [1.29, 1.82) is 0 Å². The Morgan fingerprint density at radius 2 is 2.39 bits per heavy atom. The van der Waals surface area contributed by atoms with E-state index in [1.807, 2.05) is 12.1 Å². The van der Waals surface area contributed by atoms with Gasteiger partial charge in [0.05, 0.1) is 19.2 Å². The molecule has 0 N–H and O–H groups in total. The number of pyridine rings is 1. The van der Waals surface area contributed by atoms with Crippen LogP contribution < -0.4 is 0 Å². The van der Waals surface area contributed by atoms with Crippen LogP contribution in [0.1, 0.15) is 31.2 Å². The third-order valence-electron chi connectivity index (χ3n) is 5.00. The van der Waals surface area contributed by atoms with Crippen molar-refractivity contribution in [3.05, 3.63) is 30.1 Å². The van der Waals surface area contributed by atoms with Crippen LogP contribution in [0.15, 0.2) is 24.5 Å². The highest BCUT2D eigenvalue weighted by molar-refractivity contribution is 5.88. The number of amides is 1. The van der Waals surface area contributed by atoms with Gasteiger partial charge in [0.1, 0.15) is 12.2 Å². The number of fused-ring (bicyclic) bond motifs is 1. The molecule has 1 aromatic rings. The van der Waals surface area contributed by atoms with Crippen molar-refractivity contribution in [3.63, 3.8) is 0 Å². The van der Waals surface area contributed by atoms with E-state index in [4.69, 9.17) is 9.47 Å². The quantitative estimate of drug-likeness (QED) is 0.850. The summed E-state index contributed by atoms with van der Waals surface area (Å²) in [5, 5.41) is 0. The standard InChI is InChI=1S/C17H21FN2O3/c18-17(5-6-17)16(21)20-10-14(15-13(20)4-2-8-22-15)23-11-12-3-1-7-19-9-12/h1,3,7,9,13-15H,2,4-6,8,10-11H2/t13-,14+,15+/m1/s1. The van der Waals surface area contributed by atoms with Crippen LogP contribution in [0.3, 0.4) is 0 Å². The molecular weight excluding hydrogens is 299 g/mol. The summed E-state index contributed by atoms with van der Waals surface area (Å²) in [5.41, 5.74) is -0.644. The van der Waals surface area contributed by atoms with Crippen molar-refractivity contribution in [2.45, 2.75) is 56.2 Å². The number of hydrogen-bond acceptors (Lipinski definition) is 4. The monoisotopic (exact) mass is 320 g/mol. The summed E-state index contributed by atoms with van der Waals surface area (Å²) in [5.74, 6) is -0.370. The topological polar surface area (TPSA) is 51.7 Å². The van der Waals surface area contributed by atoms with Gasteiger partial charge in [-0.3, -0.25) is 9.78 Å². The minimum atomic E-state index is -1.62. The molecule has 3 fully saturated rings. The molecule has 3 heterocycles. The predicted octanol–water partition coefficient (Wildman–Crippen LogP) is 1.86. The van der Waals surface area contributed by atoms with Crippen molar-refractivity contribution in [2.24, 2.45) is 0 Å². The fourth-order valence-electron chi connectivity index (χ4n) is 3.56. The highest BCUT2D eigenvalue weighted by Gasteiger charge is 2.57. The Hall–Kier alpha value is -1.53. The summed E-state index contributed by atoms with van der Waals surface area (Å²) >= 11 is 0. The first-order valence-electron chi connectivity index (χ1n) is 8.29. The van der Waals surface area contributed by atoms with Gasteiger partial charge in [-0.15, -0.1) is 0 Å². The van der Waals surface area contributed by atoms with Gasteiger partial charge < -0.3 is 14.4 Å². The molecule has 2 saturated heterocycles. The zero-order valence-corrected chi connectivity index (χ0v) is 13.0. The highest BCUT2D eigenvalue weighted by atomic mass is 19.1. The number of rotatable bonds is 4. The summed E-state index contributed by atoms with van der Waals surface area (Å²) < 4.78 is 26.1. The lowest BCUT2D eigenvalue weighted by atomic mass is 10.0. The summed E-state index contributed by atoms with van der Waals surface area (Å²) in [4.78, 5) is 18.2. The molecule has 0 radical (unpaired) electrons. The minimum Gasteiger partial charge on any atom is -0.373 e. The van der Waals surface area contributed by atoms with Crippen molar-refractivity contribution < 1.29 is 18.7 Å². The van der Waals surface area contributed by atoms with Crippen molar-refractivity contribution in [1.82, 2.24) is 9.88 Å². The zero-order chi connectivity index (χ0) is 15.9. The Morgan fingerprint density at radius 1 is 1.52 bits per heavy atom. The van der Waals surface area contributed by atoms with E-state index >= 15 is 0 Å². The Bertz CT molecular complexity index is 578. The van der Waals surface area contributed by atoms with Crippen molar-refractivity contribution >= 4 is 5.91 Å². The molecule has 5 nitrogen and oxygen atoms in total. The molecule has 23 heavy (non-hydrogen) atoms. The molecule has 1 amide bonds. The van der Waals surface area contributed by atoms with Gasteiger partial charge >= 0.3 is 0 Å². The van der Waals surface area contributed by atoms with Gasteiger partial charge in [0.25, 0.3) is 5.91 Å². The van der Waals surface area contributed by atoms with Gasteiger partial charge in [0.2, 0.25) is 0 Å². The molecule has 2 aliphatic heterocycles. The van der Waals surface area contributed by atoms with E-state index < -0.39 is 5.67 Å². The third kappa shape index (κ3) is 2.85. The summed E-state index contributed by atoms with van der Waals surface area (Å²) in [7, 11) is 0. The van der Waals surface area contributed by atoms with Gasteiger partial charge in [-0.25, -0.2) is 4.39 Å². The Labute approximate surface area is 134 Å². The van der Waals surface area contributed by atoms with Gasteiger partial charge in [-0.2, -0.15) is 0 Å². The zero-order valence-electron chi connectivity index (χ0n) is 13.0. The molecule has 0 bridgehead atoms. The number of hydrogen-bond donors (Lipinski definition) is 0. The van der Waals surface area contributed by atoms with Crippen LogP contribution in [-0.4, -0.2) is 52.9 Å². The second-order valence-electron chi connectivity index (χ2n) is 6.68. The predicted molar refractivity (Wildman–Crippen MR) is 80.4 cm³/mol. The maximum Gasteiger partial charge on any atom is 0.260 e. The molecule has 6 heteroatoms. The van der Waals surface area contributed by atoms with Crippen LogP contribution in [0.4, 0.5) is 4.39 Å². The molecule has 0 spiro atoms. The first kappa shape index (κ1) is 15.0. The molecule has 0 unspecified atom stereocenters. The molecule has 3 atom stereocenters. The van der Waals surface area contributed by atoms with Crippen LogP contribution in [0.25, 0.3) is 0 Å². The van der Waals surface area contributed by atoms with Crippen LogP contribution in [-0.2, 0) is 20.9 Å². The largest absolute Gasteiger partial charge is 0.373 e. The van der Waals surface area contributed by atoms with Crippen LogP contribution in [0.5, 0.6) is 0 Å². The molecule has 124 valence electrons. The van der Waals surface area contributed by atoms with E-state index in [-0.39, 0.29) is 24.2 Å². The van der Waals surface area contributed by atoms with E-state index in [0.29, 0.717) is 32.6 Å². The summed E-state index contributed by atoms with van der Waals surface area (Å²) in [6.07, 6.45) is 5.59.